The van der Waals surface area contributed by atoms with E-state index in [2.05, 4.69) is 50.8 Å². The van der Waals surface area contributed by atoms with E-state index in [0.717, 1.165) is 58.7 Å². The minimum Gasteiger partial charge on any atom is -0.434 e. The lowest BCUT2D eigenvalue weighted by atomic mass is 9.76. The maximum absolute atomic E-state index is 14.3. The van der Waals surface area contributed by atoms with Gasteiger partial charge in [0.2, 0.25) is 5.28 Å². The van der Waals surface area contributed by atoms with Gasteiger partial charge in [-0.05, 0) is 89.3 Å². The standard InChI is InChI=1S/C32H49ClFN7O3/c1-8-41(23(4)5)30(42)25-18-24(34)11-12-27(25)44-29-28(35-31(33)37-36-29)39-15-13-32(19-39)20-40(21-32)26(22(2)3)10-9-14-38(6)16-17-43-7/h11-12,18,22-23,26H,8-10,13-17,19-21H2,1-7H3. The number of likely N-dealkylation sites (tertiary alicyclic amines) is 1. The Morgan fingerprint density at radius 2 is 1.91 bits per heavy atom. The van der Waals surface area contributed by atoms with Crippen molar-refractivity contribution >= 4 is 23.3 Å². The molecule has 2 aliphatic rings. The molecule has 2 fully saturated rings. The molecule has 0 saturated carbocycles. The van der Waals surface area contributed by atoms with Gasteiger partial charge >= 0.3 is 0 Å². The zero-order valence-electron chi connectivity index (χ0n) is 27.4. The normalized spacial score (nSPS) is 17.1. The van der Waals surface area contributed by atoms with Gasteiger partial charge in [0.25, 0.3) is 11.8 Å². The van der Waals surface area contributed by atoms with Crippen LogP contribution in [0.4, 0.5) is 10.2 Å². The second-order valence-corrected chi connectivity index (χ2v) is 13.3. The molecule has 44 heavy (non-hydrogen) atoms. The van der Waals surface area contributed by atoms with Crippen LogP contribution in [0.2, 0.25) is 5.28 Å². The highest BCUT2D eigenvalue weighted by Crippen LogP contribution is 2.45. The van der Waals surface area contributed by atoms with Crippen LogP contribution in [-0.2, 0) is 4.74 Å². The van der Waals surface area contributed by atoms with E-state index in [-0.39, 0.29) is 39.8 Å². The third-order valence-corrected chi connectivity index (χ3v) is 9.15. The molecule has 1 aromatic heterocycles. The van der Waals surface area contributed by atoms with Crippen LogP contribution >= 0.6 is 11.6 Å². The average Bonchev–Trinajstić information content (AvgIpc) is 3.41. The number of rotatable bonds is 15. The van der Waals surface area contributed by atoms with Crippen molar-refractivity contribution in [1.29, 1.82) is 0 Å². The summed E-state index contributed by atoms with van der Waals surface area (Å²) < 4.78 is 25.7. The molecule has 1 aromatic carbocycles. The number of carbonyl (C=O) groups excluding carboxylic acids is 1. The van der Waals surface area contributed by atoms with Gasteiger partial charge in [0.05, 0.1) is 12.2 Å². The fourth-order valence-electron chi connectivity index (χ4n) is 6.61. The molecule has 2 aliphatic heterocycles. The number of hydrogen-bond donors (Lipinski definition) is 0. The first kappa shape index (κ1) is 34.3. The van der Waals surface area contributed by atoms with Gasteiger partial charge in [0.15, 0.2) is 5.82 Å². The molecule has 0 N–H and O–H groups in total. The molecule has 1 spiro atoms. The monoisotopic (exact) mass is 633 g/mol. The third-order valence-electron chi connectivity index (χ3n) is 8.99. The molecule has 3 heterocycles. The number of anilines is 1. The van der Waals surface area contributed by atoms with Crippen molar-refractivity contribution in [2.75, 3.05) is 71.5 Å². The second kappa shape index (κ2) is 15.1. The molecule has 4 rings (SSSR count). The van der Waals surface area contributed by atoms with Crippen LogP contribution in [0.25, 0.3) is 0 Å². The lowest BCUT2D eigenvalue weighted by Gasteiger charge is -2.53. The van der Waals surface area contributed by atoms with Gasteiger partial charge < -0.3 is 24.2 Å². The molecule has 2 aromatic rings. The van der Waals surface area contributed by atoms with E-state index >= 15 is 0 Å². The van der Waals surface area contributed by atoms with Crippen molar-refractivity contribution < 1.29 is 18.7 Å². The Bertz CT molecular complexity index is 1260. The van der Waals surface area contributed by atoms with Crippen LogP contribution in [-0.4, -0.2) is 114 Å². The van der Waals surface area contributed by atoms with Crippen molar-refractivity contribution in [3.05, 3.63) is 34.9 Å². The van der Waals surface area contributed by atoms with Crippen molar-refractivity contribution in [2.24, 2.45) is 11.3 Å². The first-order valence-electron chi connectivity index (χ1n) is 15.8. The largest absolute Gasteiger partial charge is 0.434 e. The highest BCUT2D eigenvalue weighted by Gasteiger charge is 2.50. The van der Waals surface area contributed by atoms with E-state index < -0.39 is 5.82 Å². The number of amides is 1. The molecule has 10 nitrogen and oxygen atoms in total. The SMILES string of the molecule is CCN(C(=O)c1cc(F)ccc1Oc1nnc(Cl)nc1N1CCC2(C1)CN(C(CCCN(C)CCOC)C(C)C)C2)C(C)C. The zero-order chi connectivity index (χ0) is 32.0. The number of carbonyl (C=O) groups is 1. The number of ether oxygens (including phenoxy) is 2. The summed E-state index contributed by atoms with van der Waals surface area (Å²) in [6.45, 7) is 17.3. The van der Waals surface area contributed by atoms with Gasteiger partial charge in [-0.1, -0.05) is 13.8 Å². The summed E-state index contributed by atoms with van der Waals surface area (Å²) in [4.78, 5) is 26.7. The Balaban J connectivity index is 1.45. The number of halogens is 2. The van der Waals surface area contributed by atoms with Gasteiger partial charge in [-0.3, -0.25) is 9.69 Å². The number of likely N-dealkylation sites (N-methyl/N-ethyl adjacent to an activating group) is 1. The highest BCUT2D eigenvalue weighted by atomic mass is 35.5. The molecular formula is C32H49ClFN7O3. The Hall–Kier alpha value is -2.60. The number of methoxy groups -OCH3 is 1. The Labute approximate surface area is 266 Å². The van der Waals surface area contributed by atoms with Gasteiger partial charge in [0.1, 0.15) is 11.6 Å². The minimum absolute atomic E-state index is 0.0197. The molecule has 244 valence electrons. The average molecular weight is 634 g/mol. The predicted molar refractivity (Wildman–Crippen MR) is 171 cm³/mol. The molecule has 0 bridgehead atoms. The lowest BCUT2D eigenvalue weighted by Crippen LogP contribution is -2.62. The van der Waals surface area contributed by atoms with Crippen LogP contribution in [0.1, 0.15) is 64.2 Å². The summed E-state index contributed by atoms with van der Waals surface area (Å²) in [5.74, 6) is 0.573. The van der Waals surface area contributed by atoms with E-state index in [9.17, 15) is 9.18 Å². The Morgan fingerprint density at radius 1 is 1.16 bits per heavy atom. The lowest BCUT2D eigenvalue weighted by molar-refractivity contribution is -0.0345. The summed E-state index contributed by atoms with van der Waals surface area (Å²) >= 11 is 6.22. The van der Waals surface area contributed by atoms with E-state index in [4.69, 9.17) is 21.1 Å². The number of benzene rings is 1. The van der Waals surface area contributed by atoms with E-state index in [0.29, 0.717) is 24.3 Å². The number of aromatic nitrogens is 3. The number of nitrogens with zero attached hydrogens (tertiary/aromatic N) is 7. The second-order valence-electron chi connectivity index (χ2n) is 13.0. The molecule has 1 atom stereocenters. The third kappa shape index (κ3) is 8.16. The maximum Gasteiger partial charge on any atom is 0.282 e. The number of hydrogen-bond acceptors (Lipinski definition) is 9. The molecule has 1 unspecified atom stereocenters. The van der Waals surface area contributed by atoms with Crippen LogP contribution in [0, 0.1) is 17.2 Å². The van der Waals surface area contributed by atoms with Crippen LogP contribution in [0.15, 0.2) is 18.2 Å². The van der Waals surface area contributed by atoms with Crippen molar-refractivity contribution in [2.45, 2.75) is 66.0 Å². The topological polar surface area (TPSA) is 87.2 Å². The summed E-state index contributed by atoms with van der Waals surface area (Å²) in [5.41, 5.74) is 0.285. The fraction of sp³-hybridized carbons (Fsp3) is 0.688. The predicted octanol–water partition coefficient (Wildman–Crippen LogP) is 5.22. The first-order valence-corrected chi connectivity index (χ1v) is 16.2. The zero-order valence-corrected chi connectivity index (χ0v) is 28.1. The fourth-order valence-corrected chi connectivity index (χ4v) is 6.73. The molecule has 0 radical (unpaired) electrons. The van der Waals surface area contributed by atoms with Crippen LogP contribution in [0.3, 0.4) is 0 Å². The summed E-state index contributed by atoms with van der Waals surface area (Å²) in [6, 6.07) is 4.41. The van der Waals surface area contributed by atoms with Crippen molar-refractivity contribution in [3.63, 3.8) is 0 Å². The van der Waals surface area contributed by atoms with E-state index in [1.807, 2.05) is 20.8 Å². The highest BCUT2D eigenvalue weighted by molar-refractivity contribution is 6.28. The molecule has 12 heteroatoms. The van der Waals surface area contributed by atoms with Gasteiger partial charge in [-0.2, -0.15) is 4.98 Å². The van der Waals surface area contributed by atoms with E-state index in [1.165, 1.54) is 24.6 Å². The molecule has 2 saturated heterocycles. The summed E-state index contributed by atoms with van der Waals surface area (Å²) in [7, 11) is 3.90. The van der Waals surface area contributed by atoms with Gasteiger partial charge in [-0.15, -0.1) is 10.2 Å². The maximum atomic E-state index is 14.3. The van der Waals surface area contributed by atoms with E-state index in [1.54, 1.807) is 12.0 Å². The van der Waals surface area contributed by atoms with Crippen LogP contribution < -0.4 is 9.64 Å². The Morgan fingerprint density at radius 3 is 2.57 bits per heavy atom. The molecule has 0 aliphatic carbocycles. The van der Waals surface area contributed by atoms with Crippen molar-refractivity contribution in [3.8, 4) is 11.6 Å². The molecule has 1 amide bonds. The van der Waals surface area contributed by atoms with Crippen molar-refractivity contribution in [1.82, 2.24) is 29.9 Å². The van der Waals surface area contributed by atoms with Gasteiger partial charge in [-0.25, -0.2) is 4.39 Å². The summed E-state index contributed by atoms with van der Waals surface area (Å²) in [5, 5.41) is 8.16. The van der Waals surface area contributed by atoms with Gasteiger partial charge in [0, 0.05) is 63.9 Å². The quantitative estimate of drug-likeness (QED) is 0.262. The first-order chi connectivity index (χ1) is 21.0. The smallest absolute Gasteiger partial charge is 0.282 e. The van der Waals surface area contributed by atoms with Crippen LogP contribution in [0.5, 0.6) is 11.6 Å². The Kier molecular flexibility index (Phi) is 11.8. The molecular weight excluding hydrogens is 585 g/mol. The minimum atomic E-state index is -0.519. The summed E-state index contributed by atoms with van der Waals surface area (Å²) in [6.07, 6.45) is 3.35.